The smallest absolute Gasteiger partial charge is 0.0620 e. The van der Waals surface area contributed by atoms with Crippen LogP contribution < -0.4 is 63.7 Å². The summed E-state index contributed by atoms with van der Waals surface area (Å²) in [6, 6.07) is 191. The van der Waals surface area contributed by atoms with Gasteiger partial charge in [0.2, 0.25) is 0 Å². The van der Waals surface area contributed by atoms with Crippen LogP contribution in [0.25, 0.3) is 11.1 Å². The molecule has 16 heteroatoms. The van der Waals surface area contributed by atoms with Crippen molar-refractivity contribution in [3.8, 4) is 0 Å². The van der Waals surface area contributed by atoms with Gasteiger partial charge in [0.25, 0.3) is 0 Å². The summed E-state index contributed by atoms with van der Waals surface area (Å²) in [5.74, 6) is 0. The molecule has 18 rings (SSSR count). The average molecular weight is 2370 g/mol. The molecular formula is C120H112Cl8P4Ru4. The molecule has 0 saturated carbocycles. The molecule has 0 aliphatic rings. The van der Waals surface area contributed by atoms with Gasteiger partial charge >= 0.3 is 389 Å². The number of benzene rings is 18. The molecule has 18 aromatic rings. The first-order valence-electron chi connectivity index (χ1n) is 42.1. The summed E-state index contributed by atoms with van der Waals surface area (Å²) in [6.45, 7) is 0. The molecule has 136 heavy (non-hydrogen) atoms. The van der Waals surface area contributed by atoms with Gasteiger partial charge in [-0.2, -0.15) is 0 Å². The predicted molar refractivity (Wildman–Crippen MR) is 614 cm³/mol. The Morgan fingerprint density at radius 1 is 0.147 bits per heavy atom. The summed E-state index contributed by atoms with van der Waals surface area (Å²) >= 11 is -6.77. The Morgan fingerprint density at radius 3 is 0.368 bits per heavy atom. The summed E-state index contributed by atoms with van der Waals surface area (Å²) in [7, 11) is 42.8. The molecule has 700 valence electrons. The molecular weight excluding hydrogens is 2250 g/mol. The Hall–Kier alpha value is -8.55. The van der Waals surface area contributed by atoms with E-state index in [9.17, 15) is 0 Å². The van der Waals surface area contributed by atoms with Gasteiger partial charge in [0, 0.05) is 0 Å². The van der Waals surface area contributed by atoms with Gasteiger partial charge in [-0.15, -0.1) is 0 Å². The van der Waals surface area contributed by atoms with Crippen molar-refractivity contribution >= 4 is 202 Å². The van der Waals surface area contributed by atoms with Gasteiger partial charge in [-0.1, -0.05) is 218 Å². The minimum Gasteiger partial charge on any atom is -0.0620 e. The third kappa shape index (κ3) is 41.1. The molecule has 0 aromatic heterocycles. The largest absolute Gasteiger partial charge is 0.102 e. The van der Waals surface area contributed by atoms with Gasteiger partial charge in [-0.05, 0) is 146 Å². The Bertz CT molecular complexity index is 5300. The van der Waals surface area contributed by atoms with Crippen LogP contribution in [0.1, 0.15) is 33.4 Å². The second kappa shape index (κ2) is 67.7. The third-order valence-electron chi connectivity index (χ3n) is 19.7. The fourth-order valence-electron chi connectivity index (χ4n) is 13.9. The Labute approximate surface area is 867 Å². The van der Waals surface area contributed by atoms with Crippen LogP contribution in [0.2, 0.25) is 0 Å². The molecule has 0 amide bonds. The first-order valence-corrected chi connectivity index (χ1v) is 70.0. The van der Waals surface area contributed by atoms with E-state index in [1.165, 1.54) is 85.9 Å². The van der Waals surface area contributed by atoms with Crippen LogP contribution >= 0.6 is 109 Å². The zero-order valence-corrected chi connectivity index (χ0v) is 92.9. The van der Waals surface area contributed by atoms with E-state index in [-0.39, 0.29) is 29.7 Å². The van der Waals surface area contributed by atoms with Crippen LogP contribution in [0.15, 0.2) is 558 Å². The molecule has 0 aliphatic carbocycles. The van der Waals surface area contributed by atoms with Crippen LogP contribution in [0.5, 0.6) is 0 Å². The normalized spacial score (nSPS) is 10.3. The number of hydrogen-bond acceptors (Lipinski definition) is 0. The maximum atomic E-state index is 5.91. The summed E-state index contributed by atoms with van der Waals surface area (Å²) in [4.78, 5) is 0. The molecule has 18 aromatic carbocycles. The maximum Gasteiger partial charge on any atom is 0.102 e. The topological polar surface area (TPSA) is 0 Å². The Balaban J connectivity index is 0.000000213. The van der Waals surface area contributed by atoms with Crippen molar-refractivity contribution in [1.82, 2.24) is 0 Å². The molecule has 0 radical (unpaired) electrons. The molecule has 0 saturated heterocycles. The van der Waals surface area contributed by atoms with Crippen molar-refractivity contribution in [3.05, 3.63) is 621 Å². The van der Waals surface area contributed by atoms with E-state index in [2.05, 4.69) is 413 Å². The fourth-order valence-corrected chi connectivity index (χ4v) is 29.9. The van der Waals surface area contributed by atoms with E-state index in [4.69, 9.17) is 77.5 Å². The van der Waals surface area contributed by atoms with Gasteiger partial charge in [0.1, 0.15) is 63.7 Å². The first kappa shape index (κ1) is 114. The van der Waals surface area contributed by atoms with E-state index in [0.717, 1.165) is 22.3 Å². The number of allylic oxidation sites excluding steroid dienone is 2. The van der Waals surface area contributed by atoms with Gasteiger partial charge in [-0.25, -0.2) is 0 Å². The minimum absolute atomic E-state index is 0. The average Bonchev–Trinajstić information content (AvgIpc) is 0.836. The molecule has 0 atom stereocenters. The SMILES string of the molecule is [CH3-].[CH3-].[CH3-].[CH3-].[Cl][Ru]([Cl])=[CH]C=C(c1ccccc1)c1ccccc1.[Cl][Ru]([Cl])=[CH]C=C(c1ccccc1)c1ccccc1.[Cl][Ru]([Cl])=[CH]c1ccccc1.[Cl][Ru]([Cl])=[CH]c1ccccc1.c1ccc([PH+](c2ccccc2)c2ccccc2)cc1.c1ccc([PH+](c2ccccc2)c2ccccc2)cc1.c1ccc([PH+](c2ccccc2)c2ccccc2)cc1.c1ccc([PH+](c2ccccc2)c2ccccc2)cc1. The second-order valence-electron chi connectivity index (χ2n) is 28.6. The standard InChI is InChI=1S/4C18H15P.2C15H12.2C7H6.4CH3.8ClH.4Ru/c4*1-4-10-16(11-5-1)19(17-12-6-2-7-13-17)18-14-8-3-9-15-18;2*1-2-15(13-9-5-3-6-10-13)14-11-7-4-8-12-14;2*1-7-5-3-2-4-6-7;;;;;;;;;;;;;;;;/h4*1-15H;2*1-12H;2*1-6H;4*1H3;8*1H;;;;/q;;;;;;;;4*-1;;;;;;;;;4*+2/p-4. The fraction of sp³-hybridized carbons (Fsp3) is 0. The van der Waals surface area contributed by atoms with Crippen molar-refractivity contribution in [2.24, 2.45) is 0 Å². The van der Waals surface area contributed by atoms with E-state index in [0.29, 0.717) is 0 Å². The second-order valence-corrected chi connectivity index (χ2v) is 61.6. The van der Waals surface area contributed by atoms with Crippen molar-refractivity contribution < 1.29 is 54.1 Å². The van der Waals surface area contributed by atoms with Crippen molar-refractivity contribution in [1.29, 1.82) is 0 Å². The van der Waals surface area contributed by atoms with Crippen LogP contribution in [-0.4, -0.2) is 18.4 Å². The molecule has 0 spiro atoms. The van der Waals surface area contributed by atoms with Gasteiger partial charge in [0.05, 0.1) is 31.7 Å². The quantitative estimate of drug-likeness (QED) is 0.0405. The van der Waals surface area contributed by atoms with Crippen molar-refractivity contribution in [3.63, 3.8) is 0 Å². The van der Waals surface area contributed by atoms with E-state index in [1.807, 2.05) is 164 Å². The zero-order valence-electron chi connectivity index (χ0n) is 75.9. The van der Waals surface area contributed by atoms with Crippen molar-refractivity contribution in [2.75, 3.05) is 0 Å². The molecule has 0 nitrogen and oxygen atoms in total. The maximum absolute atomic E-state index is 5.91. The summed E-state index contributed by atoms with van der Waals surface area (Å²) in [5.41, 5.74) is 9.21. The van der Waals surface area contributed by atoms with E-state index >= 15 is 0 Å². The predicted octanol–water partition coefficient (Wildman–Crippen LogP) is 29.7. The van der Waals surface area contributed by atoms with Gasteiger partial charge in [0.15, 0.2) is 0 Å². The molecule has 0 unspecified atom stereocenters. The molecule has 0 bridgehead atoms. The van der Waals surface area contributed by atoms with Crippen LogP contribution in [0, 0.1) is 29.7 Å². The van der Waals surface area contributed by atoms with Gasteiger partial charge < -0.3 is 29.7 Å². The molecule has 0 fully saturated rings. The summed E-state index contributed by atoms with van der Waals surface area (Å²) in [5, 5.41) is 17.2. The minimum atomic E-state index is -1.77. The Morgan fingerprint density at radius 2 is 0.257 bits per heavy atom. The molecule has 0 aliphatic heterocycles. The van der Waals surface area contributed by atoms with Gasteiger partial charge in [-0.3, -0.25) is 0 Å². The summed E-state index contributed by atoms with van der Waals surface area (Å²) in [6.07, 6.45) is 4.06. The number of rotatable bonds is 20. The monoisotopic (exact) mass is 2360 g/mol. The van der Waals surface area contributed by atoms with Crippen LogP contribution in [0.3, 0.4) is 0 Å². The number of halogens is 8. The molecule has 0 heterocycles. The summed E-state index contributed by atoms with van der Waals surface area (Å²) < 4.78 is 7.69. The Kier molecular flexibility index (Phi) is 57.0. The van der Waals surface area contributed by atoms with Crippen LogP contribution in [0.4, 0.5) is 0 Å². The first-order chi connectivity index (χ1) is 64.9. The van der Waals surface area contributed by atoms with Crippen LogP contribution in [-0.2, 0) is 54.1 Å². The zero-order chi connectivity index (χ0) is 92.0. The number of hydrogen-bond donors (Lipinski definition) is 0. The van der Waals surface area contributed by atoms with Crippen molar-refractivity contribution in [2.45, 2.75) is 0 Å². The third-order valence-corrected chi connectivity index (χ3v) is 37.9. The molecule has 0 N–H and O–H groups in total. The van der Waals surface area contributed by atoms with E-state index < -0.39 is 85.8 Å². The van der Waals surface area contributed by atoms with E-state index in [1.54, 1.807) is 0 Å².